The van der Waals surface area contributed by atoms with E-state index in [-0.39, 0.29) is 12.1 Å². The van der Waals surface area contributed by atoms with E-state index in [0.29, 0.717) is 19.1 Å². The van der Waals surface area contributed by atoms with Gasteiger partial charge in [0.1, 0.15) is 11.4 Å². The molecule has 2 aliphatic rings. The van der Waals surface area contributed by atoms with E-state index >= 15 is 0 Å². The zero-order valence-corrected chi connectivity index (χ0v) is 15.0. The second kappa shape index (κ2) is 5.39. The third kappa shape index (κ3) is 3.01. The van der Waals surface area contributed by atoms with Gasteiger partial charge >= 0.3 is 6.09 Å². The van der Waals surface area contributed by atoms with Crippen molar-refractivity contribution in [2.75, 3.05) is 18.0 Å². The lowest BCUT2D eigenvalue weighted by atomic mass is 10.1. The first kappa shape index (κ1) is 16.1. The molecule has 1 aromatic rings. The minimum absolute atomic E-state index is 0.208. The van der Waals surface area contributed by atoms with Crippen molar-refractivity contribution >= 4 is 11.9 Å². The lowest BCUT2D eigenvalue weighted by Gasteiger charge is -2.43. The van der Waals surface area contributed by atoms with E-state index in [2.05, 4.69) is 31.7 Å². The highest BCUT2D eigenvalue weighted by Crippen LogP contribution is 2.36. The van der Waals surface area contributed by atoms with Crippen molar-refractivity contribution < 1.29 is 9.53 Å². The Morgan fingerprint density at radius 2 is 2.00 bits per heavy atom. The number of rotatable bonds is 0. The summed E-state index contributed by atoms with van der Waals surface area (Å²) in [6, 6.07) is 2.80. The average Bonchev–Trinajstić information content (AvgIpc) is 2.75. The van der Waals surface area contributed by atoms with E-state index < -0.39 is 5.60 Å². The highest BCUT2D eigenvalue weighted by molar-refractivity contribution is 5.69. The number of carbonyl (C=O) groups is 1. The Hall–Kier alpha value is -1.78. The predicted octanol–water partition coefficient (Wildman–Crippen LogP) is 3.07. The van der Waals surface area contributed by atoms with Crippen LogP contribution >= 0.6 is 0 Å². The fourth-order valence-electron chi connectivity index (χ4n) is 3.58. The molecule has 3 rings (SSSR count). The van der Waals surface area contributed by atoms with Crippen LogP contribution < -0.4 is 4.90 Å². The standard InChI is InChI=1S/C18H27N3O2/c1-11-7-14-8-15-10-20(17(22)23-18(4,5)6)9-12(2)21(15)16(14)19-13(11)3/h7,12,15H,8-10H2,1-6H3/t12-,15-/m1/s1. The van der Waals surface area contributed by atoms with Crippen LogP contribution in [0.1, 0.15) is 44.5 Å². The molecule has 0 aliphatic carbocycles. The lowest BCUT2D eigenvalue weighted by molar-refractivity contribution is 0.0191. The van der Waals surface area contributed by atoms with Crippen molar-refractivity contribution in [3.05, 3.63) is 22.9 Å². The zero-order chi connectivity index (χ0) is 16.9. The molecule has 0 unspecified atom stereocenters. The van der Waals surface area contributed by atoms with Gasteiger partial charge in [-0.15, -0.1) is 0 Å². The third-order valence-corrected chi connectivity index (χ3v) is 4.66. The molecule has 1 amide bonds. The van der Waals surface area contributed by atoms with E-state index in [9.17, 15) is 4.79 Å². The number of carbonyl (C=O) groups excluding carboxylic acids is 1. The van der Waals surface area contributed by atoms with Crippen LogP contribution in [0.15, 0.2) is 6.07 Å². The monoisotopic (exact) mass is 317 g/mol. The van der Waals surface area contributed by atoms with Gasteiger partial charge in [-0.3, -0.25) is 0 Å². The maximum Gasteiger partial charge on any atom is 0.410 e. The third-order valence-electron chi connectivity index (χ3n) is 4.66. The van der Waals surface area contributed by atoms with Crippen molar-refractivity contribution in [2.24, 2.45) is 0 Å². The Balaban J connectivity index is 1.80. The smallest absolute Gasteiger partial charge is 0.410 e. The first-order chi connectivity index (χ1) is 10.7. The summed E-state index contributed by atoms with van der Waals surface area (Å²) < 4.78 is 5.54. The van der Waals surface area contributed by atoms with Crippen molar-refractivity contribution in [2.45, 2.75) is 65.6 Å². The Labute approximate surface area is 138 Å². The number of aromatic nitrogens is 1. The van der Waals surface area contributed by atoms with Gasteiger partial charge in [0.15, 0.2) is 0 Å². The second-order valence-electron chi connectivity index (χ2n) is 7.87. The maximum absolute atomic E-state index is 12.4. The fraction of sp³-hybridized carbons (Fsp3) is 0.667. The molecule has 0 bridgehead atoms. The van der Waals surface area contributed by atoms with Gasteiger partial charge in [-0.1, -0.05) is 6.07 Å². The molecule has 0 radical (unpaired) electrons. The number of ether oxygens (including phenoxy) is 1. The molecule has 0 N–H and O–H groups in total. The highest BCUT2D eigenvalue weighted by atomic mass is 16.6. The molecule has 2 aliphatic heterocycles. The summed E-state index contributed by atoms with van der Waals surface area (Å²) in [4.78, 5) is 21.4. The van der Waals surface area contributed by atoms with Crippen molar-refractivity contribution in [1.29, 1.82) is 0 Å². The molecular weight excluding hydrogens is 290 g/mol. The molecule has 0 saturated carbocycles. The van der Waals surface area contributed by atoms with E-state index in [1.54, 1.807) is 0 Å². The van der Waals surface area contributed by atoms with Crippen LogP contribution in [0, 0.1) is 13.8 Å². The quantitative estimate of drug-likeness (QED) is 0.738. The predicted molar refractivity (Wildman–Crippen MR) is 91.0 cm³/mol. The van der Waals surface area contributed by atoms with Gasteiger partial charge in [-0.25, -0.2) is 9.78 Å². The van der Waals surface area contributed by atoms with Crippen LogP contribution in [-0.2, 0) is 11.2 Å². The Morgan fingerprint density at radius 1 is 1.30 bits per heavy atom. The minimum Gasteiger partial charge on any atom is -0.444 e. The molecule has 2 atom stereocenters. The van der Waals surface area contributed by atoms with Crippen molar-refractivity contribution in [3.8, 4) is 0 Å². The number of piperazine rings is 1. The van der Waals surface area contributed by atoms with Crippen molar-refractivity contribution in [3.63, 3.8) is 0 Å². The number of amides is 1. The first-order valence-electron chi connectivity index (χ1n) is 8.39. The fourth-order valence-corrected chi connectivity index (χ4v) is 3.58. The molecule has 126 valence electrons. The van der Waals surface area contributed by atoms with Crippen LogP contribution in [0.5, 0.6) is 0 Å². The van der Waals surface area contributed by atoms with Crippen LogP contribution in [-0.4, -0.2) is 46.8 Å². The van der Waals surface area contributed by atoms with Crippen LogP contribution in [0.4, 0.5) is 10.6 Å². The van der Waals surface area contributed by atoms with Crippen LogP contribution in [0.2, 0.25) is 0 Å². The van der Waals surface area contributed by atoms with Gasteiger partial charge in [-0.2, -0.15) is 0 Å². The number of anilines is 1. The van der Waals surface area contributed by atoms with Gasteiger partial charge in [0, 0.05) is 24.8 Å². The molecule has 0 spiro atoms. The van der Waals surface area contributed by atoms with Crippen LogP contribution in [0.3, 0.4) is 0 Å². The van der Waals surface area contributed by atoms with Gasteiger partial charge < -0.3 is 14.5 Å². The number of hydrogen-bond acceptors (Lipinski definition) is 4. The molecule has 3 heterocycles. The molecule has 5 heteroatoms. The molecule has 1 aromatic heterocycles. The van der Waals surface area contributed by atoms with E-state index in [4.69, 9.17) is 9.72 Å². The SMILES string of the molecule is Cc1cc2c(nc1C)N1[C@H](C2)CN(C(=O)OC(C)(C)C)C[C@H]1C. The number of fused-ring (bicyclic) bond motifs is 3. The van der Waals surface area contributed by atoms with Crippen molar-refractivity contribution in [1.82, 2.24) is 9.88 Å². The van der Waals surface area contributed by atoms with E-state index in [1.807, 2.05) is 25.7 Å². The van der Waals surface area contributed by atoms with Gasteiger partial charge in [-0.05, 0) is 59.1 Å². The molecular formula is C18H27N3O2. The van der Waals surface area contributed by atoms with E-state index in [0.717, 1.165) is 17.9 Å². The molecule has 1 saturated heterocycles. The largest absolute Gasteiger partial charge is 0.444 e. The lowest BCUT2D eigenvalue weighted by Crippen LogP contribution is -2.58. The summed E-state index contributed by atoms with van der Waals surface area (Å²) >= 11 is 0. The van der Waals surface area contributed by atoms with E-state index in [1.165, 1.54) is 11.1 Å². The maximum atomic E-state index is 12.4. The van der Waals surface area contributed by atoms with Gasteiger partial charge in [0.2, 0.25) is 0 Å². The molecule has 0 aromatic carbocycles. The molecule has 5 nitrogen and oxygen atoms in total. The zero-order valence-electron chi connectivity index (χ0n) is 15.0. The van der Waals surface area contributed by atoms with Crippen LogP contribution in [0.25, 0.3) is 0 Å². The second-order valence-corrected chi connectivity index (χ2v) is 7.87. The summed E-state index contributed by atoms with van der Waals surface area (Å²) in [5.41, 5.74) is 3.17. The summed E-state index contributed by atoms with van der Waals surface area (Å²) in [6.45, 7) is 13.4. The molecule has 1 fully saturated rings. The number of aryl methyl sites for hydroxylation is 2. The highest BCUT2D eigenvalue weighted by Gasteiger charge is 2.41. The number of hydrogen-bond donors (Lipinski definition) is 0. The molecule has 23 heavy (non-hydrogen) atoms. The summed E-state index contributed by atoms with van der Waals surface area (Å²) in [7, 11) is 0. The minimum atomic E-state index is -0.453. The first-order valence-corrected chi connectivity index (χ1v) is 8.39. The van der Waals surface area contributed by atoms with Gasteiger partial charge in [0.25, 0.3) is 0 Å². The normalized spacial score (nSPS) is 23.6. The summed E-state index contributed by atoms with van der Waals surface area (Å²) in [5.74, 6) is 1.11. The average molecular weight is 317 g/mol. The Kier molecular flexibility index (Phi) is 3.77. The summed E-state index contributed by atoms with van der Waals surface area (Å²) in [6.07, 6.45) is 0.743. The van der Waals surface area contributed by atoms with Gasteiger partial charge in [0.05, 0.1) is 6.04 Å². The topological polar surface area (TPSA) is 45.7 Å². The number of pyridine rings is 1. The Morgan fingerprint density at radius 3 is 2.65 bits per heavy atom. The summed E-state index contributed by atoms with van der Waals surface area (Å²) in [5, 5.41) is 0. The Bertz CT molecular complexity index is 636. The number of nitrogens with zero attached hydrogens (tertiary/aromatic N) is 3.